The molecule has 1 saturated heterocycles. The Kier molecular flexibility index (Phi) is 4.29. The van der Waals surface area contributed by atoms with Gasteiger partial charge in [0.25, 0.3) is 0 Å². The minimum atomic E-state index is 0.864. The molecule has 0 bridgehead atoms. The molecule has 1 radical (unpaired) electrons. The van der Waals surface area contributed by atoms with Crippen LogP contribution in [0.15, 0.2) is 12.2 Å². The van der Waals surface area contributed by atoms with Crippen molar-refractivity contribution in [1.82, 2.24) is 5.32 Å². The van der Waals surface area contributed by atoms with Gasteiger partial charge >= 0.3 is 0 Å². The lowest BCUT2D eigenvalue weighted by Crippen LogP contribution is -2.00. The predicted molar refractivity (Wildman–Crippen MR) is 48.6 cm³/mol. The first-order chi connectivity index (χ1) is 5.43. The Balaban J connectivity index is 2.01. The molecular formula is C10H18N. The van der Waals surface area contributed by atoms with Gasteiger partial charge in [-0.25, -0.2) is 5.32 Å². The summed E-state index contributed by atoms with van der Waals surface area (Å²) in [6, 6.07) is 0. The Morgan fingerprint density at radius 1 is 1.45 bits per heavy atom. The summed E-state index contributed by atoms with van der Waals surface area (Å²) < 4.78 is 0. The quantitative estimate of drug-likeness (QED) is 0.549. The van der Waals surface area contributed by atoms with Crippen molar-refractivity contribution >= 4 is 0 Å². The van der Waals surface area contributed by atoms with Gasteiger partial charge in [0.2, 0.25) is 0 Å². The van der Waals surface area contributed by atoms with E-state index >= 15 is 0 Å². The van der Waals surface area contributed by atoms with Gasteiger partial charge < -0.3 is 0 Å². The van der Waals surface area contributed by atoms with Gasteiger partial charge in [0.05, 0.1) is 0 Å². The first-order valence-electron chi connectivity index (χ1n) is 4.71. The van der Waals surface area contributed by atoms with E-state index in [2.05, 4.69) is 24.4 Å². The molecule has 1 atom stereocenters. The Morgan fingerprint density at radius 3 is 3.00 bits per heavy atom. The van der Waals surface area contributed by atoms with Crippen LogP contribution >= 0.6 is 0 Å². The van der Waals surface area contributed by atoms with Crippen LogP contribution in [-0.2, 0) is 0 Å². The molecule has 0 saturated carbocycles. The van der Waals surface area contributed by atoms with E-state index < -0.39 is 0 Å². The maximum atomic E-state index is 4.33. The van der Waals surface area contributed by atoms with Crippen molar-refractivity contribution in [2.45, 2.75) is 32.6 Å². The fourth-order valence-corrected chi connectivity index (χ4v) is 1.40. The molecule has 0 aliphatic carbocycles. The second-order valence-electron chi connectivity index (χ2n) is 3.28. The smallest absolute Gasteiger partial charge is 0.0165 e. The molecule has 0 aromatic carbocycles. The summed E-state index contributed by atoms with van der Waals surface area (Å²) in [5, 5.41) is 4.33. The summed E-state index contributed by atoms with van der Waals surface area (Å²) in [7, 11) is 0. The van der Waals surface area contributed by atoms with E-state index in [1.165, 1.54) is 25.7 Å². The van der Waals surface area contributed by atoms with Crippen molar-refractivity contribution in [3.05, 3.63) is 12.2 Å². The molecule has 1 nitrogen and oxygen atoms in total. The van der Waals surface area contributed by atoms with Crippen LogP contribution < -0.4 is 5.32 Å². The van der Waals surface area contributed by atoms with Gasteiger partial charge in [-0.2, -0.15) is 0 Å². The summed E-state index contributed by atoms with van der Waals surface area (Å²) in [6.07, 6.45) is 9.71. The van der Waals surface area contributed by atoms with E-state index in [4.69, 9.17) is 0 Å². The standard InChI is InChI=1S/C10H18N/c1-2-3-4-5-6-10-7-8-11-9-10/h4-5,10H,2-3,6-9H2,1H3. The topological polar surface area (TPSA) is 14.1 Å². The normalized spacial score (nSPS) is 25.0. The first-order valence-corrected chi connectivity index (χ1v) is 4.71. The summed E-state index contributed by atoms with van der Waals surface area (Å²) >= 11 is 0. The molecular weight excluding hydrogens is 134 g/mol. The van der Waals surface area contributed by atoms with Gasteiger partial charge in [0.15, 0.2) is 0 Å². The fraction of sp³-hybridized carbons (Fsp3) is 0.800. The van der Waals surface area contributed by atoms with Gasteiger partial charge in [-0.15, -0.1) is 0 Å². The zero-order chi connectivity index (χ0) is 7.94. The molecule has 1 heteroatoms. The Bertz CT molecular complexity index is 112. The zero-order valence-electron chi connectivity index (χ0n) is 7.42. The third kappa shape index (κ3) is 3.57. The van der Waals surface area contributed by atoms with Crippen LogP contribution in [0, 0.1) is 5.92 Å². The van der Waals surface area contributed by atoms with Crippen LogP contribution in [0.2, 0.25) is 0 Å². The third-order valence-corrected chi connectivity index (χ3v) is 2.17. The average Bonchev–Trinajstić information content (AvgIpc) is 2.50. The second-order valence-corrected chi connectivity index (χ2v) is 3.28. The van der Waals surface area contributed by atoms with Gasteiger partial charge in [0, 0.05) is 13.1 Å². The van der Waals surface area contributed by atoms with Crippen molar-refractivity contribution in [1.29, 1.82) is 0 Å². The van der Waals surface area contributed by atoms with Crippen molar-refractivity contribution in [3.63, 3.8) is 0 Å². The highest BCUT2D eigenvalue weighted by atomic mass is 14.9. The molecule has 0 N–H and O–H groups in total. The van der Waals surface area contributed by atoms with Crippen molar-refractivity contribution in [2.75, 3.05) is 13.1 Å². The zero-order valence-corrected chi connectivity index (χ0v) is 7.42. The fourth-order valence-electron chi connectivity index (χ4n) is 1.40. The minimum absolute atomic E-state index is 0.864. The highest BCUT2D eigenvalue weighted by Gasteiger charge is 2.12. The van der Waals surface area contributed by atoms with Crippen LogP contribution in [0.1, 0.15) is 32.6 Å². The van der Waals surface area contributed by atoms with Crippen molar-refractivity contribution < 1.29 is 0 Å². The Hall–Kier alpha value is -0.300. The highest BCUT2D eigenvalue weighted by Crippen LogP contribution is 2.13. The number of unbranched alkanes of at least 4 members (excludes halogenated alkanes) is 1. The van der Waals surface area contributed by atoms with Crippen LogP contribution in [0.25, 0.3) is 0 Å². The molecule has 1 fully saturated rings. The monoisotopic (exact) mass is 152 g/mol. The Morgan fingerprint density at radius 2 is 2.36 bits per heavy atom. The molecule has 0 aromatic heterocycles. The SMILES string of the molecule is CCCC=CCC1CC[N]C1. The van der Waals surface area contributed by atoms with Crippen LogP contribution in [0.5, 0.6) is 0 Å². The van der Waals surface area contributed by atoms with E-state index in [0.29, 0.717) is 0 Å². The predicted octanol–water partition coefficient (Wildman–Crippen LogP) is 2.36. The maximum absolute atomic E-state index is 4.33. The maximum Gasteiger partial charge on any atom is 0.0165 e. The molecule has 1 rings (SSSR count). The summed E-state index contributed by atoms with van der Waals surface area (Å²) in [4.78, 5) is 0. The number of hydrogen-bond acceptors (Lipinski definition) is 0. The summed E-state index contributed by atoms with van der Waals surface area (Å²) in [6.45, 7) is 4.43. The molecule has 0 aromatic rings. The van der Waals surface area contributed by atoms with E-state index in [1.54, 1.807) is 0 Å². The average molecular weight is 152 g/mol. The van der Waals surface area contributed by atoms with E-state index in [-0.39, 0.29) is 0 Å². The van der Waals surface area contributed by atoms with E-state index in [0.717, 1.165) is 19.0 Å². The Labute approximate surface area is 69.9 Å². The second kappa shape index (κ2) is 5.36. The lowest BCUT2D eigenvalue weighted by atomic mass is 10.0. The van der Waals surface area contributed by atoms with Gasteiger partial charge in [-0.3, -0.25) is 0 Å². The first kappa shape index (κ1) is 8.79. The molecule has 0 amide bonds. The molecule has 0 spiro atoms. The highest BCUT2D eigenvalue weighted by molar-refractivity contribution is 4.86. The number of rotatable bonds is 4. The van der Waals surface area contributed by atoms with Crippen LogP contribution in [0.4, 0.5) is 0 Å². The number of allylic oxidation sites excluding steroid dienone is 2. The minimum Gasteiger partial charge on any atom is -0.241 e. The van der Waals surface area contributed by atoms with Crippen LogP contribution in [-0.4, -0.2) is 13.1 Å². The van der Waals surface area contributed by atoms with Crippen molar-refractivity contribution in [3.8, 4) is 0 Å². The molecule has 1 heterocycles. The van der Waals surface area contributed by atoms with Gasteiger partial charge in [-0.1, -0.05) is 25.5 Å². The summed E-state index contributed by atoms with van der Waals surface area (Å²) in [5.74, 6) is 0.864. The number of hydrogen-bond donors (Lipinski definition) is 0. The largest absolute Gasteiger partial charge is 0.241 e. The van der Waals surface area contributed by atoms with E-state index in [9.17, 15) is 0 Å². The molecule has 63 valence electrons. The number of nitrogens with zero attached hydrogens (tertiary/aromatic N) is 1. The molecule has 1 aliphatic rings. The summed E-state index contributed by atoms with van der Waals surface area (Å²) in [5.41, 5.74) is 0. The van der Waals surface area contributed by atoms with E-state index in [1.807, 2.05) is 0 Å². The van der Waals surface area contributed by atoms with Crippen LogP contribution in [0.3, 0.4) is 0 Å². The molecule has 1 unspecified atom stereocenters. The lowest BCUT2D eigenvalue weighted by Gasteiger charge is -2.01. The lowest BCUT2D eigenvalue weighted by molar-refractivity contribution is 0.590. The molecule has 11 heavy (non-hydrogen) atoms. The van der Waals surface area contributed by atoms with Gasteiger partial charge in [-0.05, 0) is 25.2 Å². The van der Waals surface area contributed by atoms with Gasteiger partial charge in [0.1, 0.15) is 0 Å². The third-order valence-electron chi connectivity index (χ3n) is 2.17. The van der Waals surface area contributed by atoms with Crippen molar-refractivity contribution in [2.24, 2.45) is 5.92 Å². The molecule has 1 aliphatic heterocycles.